The molecule has 0 aliphatic carbocycles. The number of nitrogens with zero attached hydrogens (tertiary/aromatic N) is 3. The molecule has 2 aliphatic heterocycles. The van der Waals surface area contributed by atoms with Gasteiger partial charge < -0.3 is 24.6 Å². The second-order valence-corrected chi connectivity index (χ2v) is 7.24. The van der Waals surface area contributed by atoms with Gasteiger partial charge >= 0.3 is 0 Å². The Morgan fingerprint density at radius 2 is 1.97 bits per heavy atom. The van der Waals surface area contributed by atoms with Crippen molar-refractivity contribution >= 4 is 17.5 Å². The molecule has 2 N–H and O–H groups in total. The number of aromatic nitrogens is 2. The average Bonchev–Trinajstić information content (AvgIpc) is 3.36. The van der Waals surface area contributed by atoms with E-state index in [-0.39, 0.29) is 11.8 Å². The SMILES string of the molecule is COc1cc(OC)cc(N2CCC(N(C)C(=O)c3n[nH]c4c3CNCC4)C2=O)c1. The van der Waals surface area contributed by atoms with Gasteiger partial charge in [0.05, 0.1) is 19.9 Å². The molecule has 1 aromatic carbocycles. The first-order valence-corrected chi connectivity index (χ1v) is 9.62. The Kier molecular flexibility index (Phi) is 5.14. The van der Waals surface area contributed by atoms with Gasteiger partial charge in [-0.3, -0.25) is 14.7 Å². The summed E-state index contributed by atoms with van der Waals surface area (Å²) in [4.78, 5) is 29.4. The number of likely N-dealkylation sites (N-methyl/N-ethyl adjacent to an activating group) is 1. The maximum Gasteiger partial charge on any atom is 0.275 e. The number of hydrogen-bond donors (Lipinski definition) is 2. The van der Waals surface area contributed by atoms with Crippen LogP contribution in [-0.2, 0) is 17.8 Å². The van der Waals surface area contributed by atoms with E-state index in [9.17, 15) is 9.59 Å². The zero-order chi connectivity index (χ0) is 20.5. The van der Waals surface area contributed by atoms with E-state index in [2.05, 4.69) is 15.5 Å². The number of hydrogen-bond acceptors (Lipinski definition) is 6. The third-order valence-electron chi connectivity index (χ3n) is 5.62. The summed E-state index contributed by atoms with van der Waals surface area (Å²) in [7, 11) is 4.80. The van der Waals surface area contributed by atoms with Gasteiger partial charge in [-0.05, 0) is 6.42 Å². The van der Waals surface area contributed by atoms with Crippen molar-refractivity contribution < 1.29 is 19.1 Å². The van der Waals surface area contributed by atoms with E-state index >= 15 is 0 Å². The van der Waals surface area contributed by atoms with Crippen LogP contribution in [0.5, 0.6) is 11.5 Å². The lowest BCUT2D eigenvalue weighted by Gasteiger charge is -2.24. The number of benzene rings is 1. The summed E-state index contributed by atoms with van der Waals surface area (Å²) in [5.74, 6) is 0.847. The van der Waals surface area contributed by atoms with E-state index in [1.165, 1.54) is 4.90 Å². The second-order valence-electron chi connectivity index (χ2n) is 7.24. The van der Waals surface area contributed by atoms with E-state index in [0.29, 0.717) is 42.4 Å². The number of amides is 2. The fourth-order valence-corrected chi connectivity index (χ4v) is 3.94. The molecule has 0 bridgehead atoms. The molecule has 2 aromatic rings. The lowest BCUT2D eigenvalue weighted by molar-refractivity contribution is -0.120. The maximum absolute atomic E-state index is 13.1. The minimum absolute atomic E-state index is 0.126. The molecule has 1 unspecified atom stereocenters. The highest BCUT2D eigenvalue weighted by Gasteiger charge is 2.39. The van der Waals surface area contributed by atoms with Crippen LogP contribution in [0.4, 0.5) is 5.69 Å². The molecule has 0 saturated carbocycles. The minimum Gasteiger partial charge on any atom is -0.497 e. The van der Waals surface area contributed by atoms with Crippen LogP contribution in [0.25, 0.3) is 0 Å². The third-order valence-corrected chi connectivity index (χ3v) is 5.62. The molecule has 1 saturated heterocycles. The molecule has 2 aliphatic rings. The topological polar surface area (TPSA) is 99.8 Å². The van der Waals surface area contributed by atoms with Gasteiger partial charge in [0.25, 0.3) is 5.91 Å². The number of anilines is 1. The molecule has 9 heteroatoms. The first-order valence-electron chi connectivity index (χ1n) is 9.62. The Bertz CT molecular complexity index is 919. The Morgan fingerprint density at radius 3 is 2.66 bits per heavy atom. The molecule has 154 valence electrons. The van der Waals surface area contributed by atoms with Gasteiger partial charge in [0.2, 0.25) is 5.91 Å². The molecular formula is C20H25N5O4. The third kappa shape index (κ3) is 3.42. The molecule has 0 spiro atoms. The molecule has 3 heterocycles. The first-order chi connectivity index (χ1) is 14.0. The monoisotopic (exact) mass is 399 g/mol. The van der Waals surface area contributed by atoms with Crippen LogP contribution in [0.2, 0.25) is 0 Å². The van der Waals surface area contributed by atoms with Gasteiger partial charge in [0.1, 0.15) is 17.5 Å². The van der Waals surface area contributed by atoms with Crippen molar-refractivity contribution in [2.24, 2.45) is 0 Å². The molecule has 29 heavy (non-hydrogen) atoms. The predicted molar refractivity (Wildman–Crippen MR) is 106 cm³/mol. The highest BCUT2D eigenvalue weighted by molar-refractivity contribution is 6.04. The van der Waals surface area contributed by atoms with Crippen LogP contribution in [0.1, 0.15) is 28.2 Å². The summed E-state index contributed by atoms with van der Waals surface area (Å²) >= 11 is 0. The summed E-state index contributed by atoms with van der Waals surface area (Å²) in [6.45, 7) is 1.98. The lowest BCUT2D eigenvalue weighted by Crippen LogP contribution is -2.43. The Hall–Kier alpha value is -3.07. The highest BCUT2D eigenvalue weighted by atomic mass is 16.5. The number of carbonyl (C=O) groups is 2. The highest BCUT2D eigenvalue weighted by Crippen LogP contribution is 2.32. The average molecular weight is 399 g/mol. The molecule has 1 fully saturated rings. The van der Waals surface area contributed by atoms with Crippen molar-refractivity contribution in [3.8, 4) is 11.5 Å². The van der Waals surface area contributed by atoms with E-state index in [0.717, 1.165) is 24.2 Å². The summed E-state index contributed by atoms with van der Waals surface area (Å²) in [6.07, 6.45) is 1.36. The Balaban J connectivity index is 1.54. The van der Waals surface area contributed by atoms with Gasteiger partial charge in [-0.2, -0.15) is 5.10 Å². The normalized spacial score (nSPS) is 18.5. The number of H-pyrrole nitrogens is 1. The van der Waals surface area contributed by atoms with Crippen molar-refractivity contribution in [2.45, 2.75) is 25.4 Å². The standard InChI is InChI=1S/C20H25N5O4/c1-24(20(27)18-15-11-21-6-4-16(15)22-23-18)17-5-7-25(19(17)26)12-8-13(28-2)10-14(9-12)29-3/h8-10,17,21H,4-7,11H2,1-3H3,(H,22,23). The van der Waals surface area contributed by atoms with E-state index in [1.54, 1.807) is 44.4 Å². The largest absolute Gasteiger partial charge is 0.497 e. The number of ether oxygens (including phenoxy) is 2. The first kappa shape index (κ1) is 19.3. The van der Waals surface area contributed by atoms with E-state index in [1.807, 2.05) is 0 Å². The van der Waals surface area contributed by atoms with Crippen LogP contribution in [-0.4, -0.2) is 67.3 Å². The second kappa shape index (κ2) is 7.75. The smallest absolute Gasteiger partial charge is 0.275 e. The zero-order valence-electron chi connectivity index (χ0n) is 16.8. The Labute approximate surface area is 169 Å². The number of carbonyl (C=O) groups excluding carboxylic acids is 2. The van der Waals surface area contributed by atoms with Crippen molar-refractivity contribution in [3.05, 3.63) is 35.2 Å². The van der Waals surface area contributed by atoms with Crippen LogP contribution < -0.4 is 19.7 Å². The molecule has 1 aromatic heterocycles. The van der Waals surface area contributed by atoms with Gasteiger partial charge in [-0.1, -0.05) is 0 Å². The van der Waals surface area contributed by atoms with Crippen LogP contribution in [0.15, 0.2) is 18.2 Å². The summed E-state index contributed by atoms with van der Waals surface area (Å²) in [6, 6.07) is 4.80. The molecule has 9 nitrogen and oxygen atoms in total. The Morgan fingerprint density at radius 1 is 1.24 bits per heavy atom. The molecule has 0 radical (unpaired) electrons. The van der Waals surface area contributed by atoms with Gasteiger partial charge in [-0.25, -0.2) is 0 Å². The van der Waals surface area contributed by atoms with Crippen molar-refractivity contribution in [1.29, 1.82) is 0 Å². The quantitative estimate of drug-likeness (QED) is 0.777. The summed E-state index contributed by atoms with van der Waals surface area (Å²) < 4.78 is 10.6. The fraction of sp³-hybridized carbons (Fsp3) is 0.450. The number of rotatable bonds is 5. The van der Waals surface area contributed by atoms with Gasteiger partial charge in [0, 0.05) is 62.6 Å². The van der Waals surface area contributed by atoms with Crippen molar-refractivity contribution in [1.82, 2.24) is 20.4 Å². The lowest BCUT2D eigenvalue weighted by atomic mass is 10.1. The molecule has 2 amide bonds. The van der Waals surface area contributed by atoms with Gasteiger partial charge in [0.15, 0.2) is 5.69 Å². The fourth-order valence-electron chi connectivity index (χ4n) is 3.94. The van der Waals surface area contributed by atoms with Crippen LogP contribution in [0, 0.1) is 0 Å². The van der Waals surface area contributed by atoms with E-state index in [4.69, 9.17) is 9.47 Å². The molecule has 4 rings (SSSR count). The van der Waals surface area contributed by atoms with Gasteiger partial charge in [-0.15, -0.1) is 0 Å². The molecule has 1 atom stereocenters. The van der Waals surface area contributed by atoms with Crippen LogP contribution >= 0.6 is 0 Å². The van der Waals surface area contributed by atoms with E-state index < -0.39 is 6.04 Å². The number of fused-ring (bicyclic) bond motifs is 1. The summed E-state index contributed by atoms with van der Waals surface area (Å²) in [5.41, 5.74) is 2.97. The van der Waals surface area contributed by atoms with Crippen molar-refractivity contribution in [2.75, 3.05) is 39.3 Å². The van der Waals surface area contributed by atoms with Crippen molar-refractivity contribution in [3.63, 3.8) is 0 Å². The summed E-state index contributed by atoms with van der Waals surface area (Å²) in [5, 5.41) is 10.4. The van der Waals surface area contributed by atoms with Crippen LogP contribution in [0.3, 0.4) is 0 Å². The number of aromatic amines is 1. The zero-order valence-corrected chi connectivity index (χ0v) is 16.8. The predicted octanol–water partition coefficient (Wildman–Crippen LogP) is 0.950. The number of methoxy groups -OCH3 is 2. The maximum atomic E-state index is 13.1. The molecular weight excluding hydrogens is 374 g/mol. The number of nitrogens with one attached hydrogen (secondary N) is 2. The minimum atomic E-state index is -0.538.